The first-order chi connectivity index (χ1) is 9.31. The third-order valence-electron chi connectivity index (χ3n) is 2.45. The van der Waals surface area contributed by atoms with Crippen LogP contribution in [0.4, 0.5) is 5.69 Å². The van der Waals surface area contributed by atoms with Gasteiger partial charge in [0.1, 0.15) is 5.25 Å². The van der Waals surface area contributed by atoms with Crippen molar-refractivity contribution in [2.24, 2.45) is 5.92 Å². The number of amides is 1. The Morgan fingerprint density at radius 3 is 2.60 bits per heavy atom. The Bertz CT molecular complexity index is 510. The van der Waals surface area contributed by atoms with Gasteiger partial charge in [-0.3, -0.25) is 9.59 Å². The second-order valence-corrected chi connectivity index (χ2v) is 6.94. The quantitative estimate of drug-likeness (QED) is 0.786. The third-order valence-corrected chi connectivity index (χ3v) is 4.79. The summed E-state index contributed by atoms with van der Waals surface area (Å²) in [6.45, 7) is 3.63. The SMILES string of the molecule is CC(C)C(SCC(=O)Nc1ccc(Br)cc1Cl)C(=O)O. The van der Waals surface area contributed by atoms with Crippen LogP contribution in [-0.4, -0.2) is 28.0 Å². The minimum Gasteiger partial charge on any atom is -0.480 e. The van der Waals surface area contributed by atoms with E-state index in [1.54, 1.807) is 18.2 Å². The van der Waals surface area contributed by atoms with Gasteiger partial charge in [0, 0.05) is 4.47 Å². The number of thioether (sulfide) groups is 1. The number of hydrogen-bond acceptors (Lipinski definition) is 3. The zero-order chi connectivity index (χ0) is 15.3. The van der Waals surface area contributed by atoms with Gasteiger partial charge in [-0.1, -0.05) is 41.4 Å². The lowest BCUT2D eigenvalue weighted by Gasteiger charge is -2.15. The van der Waals surface area contributed by atoms with Crippen molar-refractivity contribution >= 4 is 56.9 Å². The van der Waals surface area contributed by atoms with E-state index in [4.69, 9.17) is 16.7 Å². The highest BCUT2D eigenvalue weighted by Gasteiger charge is 2.23. The Labute approximate surface area is 135 Å². The number of rotatable bonds is 6. The summed E-state index contributed by atoms with van der Waals surface area (Å²) in [5, 5.41) is 11.5. The third kappa shape index (κ3) is 5.34. The number of halogens is 2. The Balaban J connectivity index is 2.57. The van der Waals surface area contributed by atoms with Gasteiger partial charge in [0.2, 0.25) is 5.91 Å². The van der Waals surface area contributed by atoms with E-state index < -0.39 is 11.2 Å². The molecule has 0 saturated heterocycles. The minimum atomic E-state index is -0.903. The van der Waals surface area contributed by atoms with Crippen molar-refractivity contribution in [2.75, 3.05) is 11.1 Å². The molecule has 110 valence electrons. The summed E-state index contributed by atoms with van der Waals surface area (Å²) in [6.07, 6.45) is 0. The molecule has 0 aromatic heterocycles. The molecule has 4 nitrogen and oxygen atoms in total. The van der Waals surface area contributed by atoms with Crippen LogP contribution >= 0.6 is 39.3 Å². The highest BCUT2D eigenvalue weighted by atomic mass is 79.9. The van der Waals surface area contributed by atoms with E-state index in [0.717, 1.165) is 16.2 Å². The van der Waals surface area contributed by atoms with Gasteiger partial charge < -0.3 is 10.4 Å². The molecular weight excluding hydrogens is 366 g/mol. The van der Waals surface area contributed by atoms with Gasteiger partial charge in [0.15, 0.2) is 0 Å². The monoisotopic (exact) mass is 379 g/mol. The normalized spacial score (nSPS) is 12.2. The van der Waals surface area contributed by atoms with Crippen LogP contribution in [0.1, 0.15) is 13.8 Å². The summed E-state index contributed by atoms with van der Waals surface area (Å²) < 4.78 is 0.820. The van der Waals surface area contributed by atoms with E-state index in [-0.39, 0.29) is 17.6 Å². The Morgan fingerprint density at radius 2 is 2.10 bits per heavy atom. The number of carbonyl (C=O) groups is 2. The average Bonchev–Trinajstić information content (AvgIpc) is 2.32. The van der Waals surface area contributed by atoms with Crippen LogP contribution in [0.3, 0.4) is 0 Å². The van der Waals surface area contributed by atoms with Crippen LogP contribution in [-0.2, 0) is 9.59 Å². The molecule has 0 fully saturated rings. The number of aliphatic carboxylic acids is 1. The van der Waals surface area contributed by atoms with E-state index in [1.165, 1.54) is 0 Å². The number of carbonyl (C=O) groups excluding carboxylic acids is 1. The second-order valence-electron chi connectivity index (χ2n) is 4.49. The van der Waals surface area contributed by atoms with Crippen LogP contribution < -0.4 is 5.32 Å². The predicted molar refractivity (Wildman–Crippen MR) is 86.5 cm³/mol. The van der Waals surface area contributed by atoms with Crippen molar-refractivity contribution in [1.29, 1.82) is 0 Å². The number of hydrogen-bond donors (Lipinski definition) is 2. The van der Waals surface area contributed by atoms with Crippen molar-refractivity contribution in [2.45, 2.75) is 19.1 Å². The Hall–Kier alpha value is -0.720. The van der Waals surface area contributed by atoms with Crippen molar-refractivity contribution in [3.63, 3.8) is 0 Å². The topological polar surface area (TPSA) is 66.4 Å². The molecule has 7 heteroatoms. The zero-order valence-electron chi connectivity index (χ0n) is 11.0. The minimum absolute atomic E-state index is 0.0402. The average molecular weight is 381 g/mol. The summed E-state index contributed by atoms with van der Waals surface area (Å²) in [5.74, 6) is -1.14. The first kappa shape index (κ1) is 17.3. The van der Waals surface area contributed by atoms with Gasteiger partial charge in [0.25, 0.3) is 0 Å². The van der Waals surface area contributed by atoms with Gasteiger partial charge >= 0.3 is 5.97 Å². The number of anilines is 1. The molecule has 0 radical (unpaired) electrons. The van der Waals surface area contributed by atoms with Crippen molar-refractivity contribution in [3.8, 4) is 0 Å². The van der Waals surface area contributed by atoms with Gasteiger partial charge in [-0.05, 0) is 24.1 Å². The fourth-order valence-electron chi connectivity index (χ4n) is 1.49. The molecule has 20 heavy (non-hydrogen) atoms. The first-order valence-electron chi connectivity index (χ1n) is 5.90. The summed E-state index contributed by atoms with van der Waals surface area (Å²) >= 11 is 10.4. The molecule has 1 aromatic carbocycles. The first-order valence-corrected chi connectivity index (χ1v) is 8.12. The fourth-order valence-corrected chi connectivity index (χ4v) is 3.14. The smallest absolute Gasteiger partial charge is 0.316 e. The highest BCUT2D eigenvalue weighted by Crippen LogP contribution is 2.26. The molecule has 0 bridgehead atoms. The largest absolute Gasteiger partial charge is 0.480 e. The van der Waals surface area contributed by atoms with E-state index in [0.29, 0.717) is 10.7 Å². The molecule has 1 atom stereocenters. The Kier molecular flexibility index (Phi) is 6.85. The number of benzene rings is 1. The lowest BCUT2D eigenvalue weighted by molar-refractivity contribution is -0.137. The molecule has 0 saturated carbocycles. The van der Waals surface area contributed by atoms with Crippen molar-refractivity contribution in [1.82, 2.24) is 0 Å². The zero-order valence-corrected chi connectivity index (χ0v) is 14.2. The fraction of sp³-hybridized carbons (Fsp3) is 0.385. The van der Waals surface area contributed by atoms with E-state index >= 15 is 0 Å². The predicted octanol–water partition coefficient (Wildman–Crippen LogP) is 3.88. The summed E-state index contributed by atoms with van der Waals surface area (Å²) in [7, 11) is 0. The van der Waals surface area contributed by atoms with Crippen LogP contribution in [0.25, 0.3) is 0 Å². The van der Waals surface area contributed by atoms with E-state index in [1.807, 2.05) is 13.8 Å². The van der Waals surface area contributed by atoms with Crippen LogP contribution in [0.15, 0.2) is 22.7 Å². The maximum Gasteiger partial charge on any atom is 0.316 e. The molecule has 0 aliphatic carbocycles. The van der Waals surface area contributed by atoms with Crippen LogP contribution in [0.2, 0.25) is 5.02 Å². The summed E-state index contributed by atoms with van der Waals surface area (Å²) in [5.41, 5.74) is 0.511. The maximum atomic E-state index is 11.8. The lowest BCUT2D eigenvalue weighted by Crippen LogP contribution is -2.25. The maximum absolute atomic E-state index is 11.8. The molecule has 0 heterocycles. The molecule has 2 N–H and O–H groups in total. The summed E-state index contributed by atoms with van der Waals surface area (Å²) in [4.78, 5) is 22.8. The molecule has 1 rings (SSSR count). The van der Waals surface area contributed by atoms with Crippen LogP contribution in [0.5, 0.6) is 0 Å². The molecule has 1 aromatic rings. The van der Waals surface area contributed by atoms with Crippen molar-refractivity contribution in [3.05, 3.63) is 27.7 Å². The number of carboxylic acid groups (broad SMARTS) is 1. The van der Waals surface area contributed by atoms with Crippen LogP contribution in [0, 0.1) is 5.92 Å². The molecule has 0 aliphatic rings. The van der Waals surface area contributed by atoms with E-state index in [2.05, 4.69) is 21.2 Å². The standard InChI is InChI=1S/C13H15BrClNO3S/c1-7(2)12(13(18)19)20-6-11(17)16-10-4-3-8(14)5-9(10)15/h3-5,7,12H,6H2,1-2H3,(H,16,17)(H,18,19). The van der Waals surface area contributed by atoms with Gasteiger partial charge in [-0.25, -0.2) is 0 Å². The lowest BCUT2D eigenvalue weighted by atomic mass is 10.1. The van der Waals surface area contributed by atoms with Gasteiger partial charge in [-0.2, -0.15) is 0 Å². The highest BCUT2D eigenvalue weighted by molar-refractivity contribution is 9.10. The molecule has 0 spiro atoms. The molecule has 1 unspecified atom stereocenters. The second kappa shape index (κ2) is 7.90. The molecule has 0 aliphatic heterocycles. The number of nitrogens with one attached hydrogen (secondary N) is 1. The van der Waals surface area contributed by atoms with Gasteiger partial charge in [-0.15, -0.1) is 11.8 Å². The summed E-state index contributed by atoms with van der Waals surface area (Å²) in [6, 6.07) is 5.13. The molecule has 1 amide bonds. The number of carboxylic acids is 1. The van der Waals surface area contributed by atoms with Crippen molar-refractivity contribution < 1.29 is 14.7 Å². The van der Waals surface area contributed by atoms with E-state index in [9.17, 15) is 9.59 Å². The molecular formula is C13H15BrClNO3S. The van der Waals surface area contributed by atoms with Gasteiger partial charge in [0.05, 0.1) is 16.5 Å². The Morgan fingerprint density at radius 1 is 1.45 bits per heavy atom.